The van der Waals surface area contributed by atoms with Gasteiger partial charge in [-0.05, 0) is 19.9 Å². The number of aryl methyl sites for hydroxylation is 2. The molecule has 0 aliphatic carbocycles. The van der Waals surface area contributed by atoms with Crippen LogP contribution in [0.4, 0.5) is 5.69 Å². The van der Waals surface area contributed by atoms with Gasteiger partial charge in [0.2, 0.25) is 5.88 Å². The van der Waals surface area contributed by atoms with Crippen molar-refractivity contribution in [2.24, 2.45) is 0 Å². The van der Waals surface area contributed by atoms with E-state index in [1.165, 1.54) is 0 Å². The molecule has 5 nitrogen and oxygen atoms in total. The fourth-order valence-corrected chi connectivity index (χ4v) is 1.68. The second-order valence-electron chi connectivity index (χ2n) is 3.52. The third kappa shape index (κ3) is 1.60. The second kappa shape index (κ2) is 3.84. The van der Waals surface area contributed by atoms with Crippen LogP contribution in [0, 0.1) is 13.8 Å². The molecule has 2 heterocycles. The van der Waals surface area contributed by atoms with Gasteiger partial charge in [0, 0.05) is 0 Å². The Balaban J connectivity index is 2.67. The zero-order valence-corrected chi connectivity index (χ0v) is 9.44. The van der Waals surface area contributed by atoms with Crippen LogP contribution < -0.4 is 10.5 Å². The van der Waals surface area contributed by atoms with Crippen molar-refractivity contribution in [3.05, 3.63) is 23.7 Å². The van der Waals surface area contributed by atoms with Gasteiger partial charge in [0.1, 0.15) is 5.76 Å². The van der Waals surface area contributed by atoms with Crippen LogP contribution in [0.25, 0.3) is 11.1 Å². The molecule has 0 radical (unpaired) electrons. The Bertz CT molecular complexity index is 500. The van der Waals surface area contributed by atoms with E-state index in [-0.39, 0.29) is 0 Å². The molecule has 2 N–H and O–H groups in total. The van der Waals surface area contributed by atoms with Gasteiger partial charge in [-0.2, -0.15) is 0 Å². The average molecular weight is 219 g/mol. The molecule has 0 aromatic carbocycles. The molecule has 5 heteroatoms. The molecule has 0 spiro atoms. The largest absolute Gasteiger partial charge is 0.481 e. The van der Waals surface area contributed by atoms with Crippen molar-refractivity contribution >= 4 is 5.69 Å². The molecular weight excluding hydrogens is 206 g/mol. The maximum Gasteiger partial charge on any atom is 0.221 e. The summed E-state index contributed by atoms with van der Waals surface area (Å²) in [6, 6.07) is 1.80. The van der Waals surface area contributed by atoms with Gasteiger partial charge in [-0.25, -0.2) is 4.98 Å². The van der Waals surface area contributed by atoms with Crippen molar-refractivity contribution in [1.29, 1.82) is 0 Å². The van der Waals surface area contributed by atoms with Gasteiger partial charge in [-0.3, -0.25) is 0 Å². The third-order valence-corrected chi connectivity index (χ3v) is 2.37. The molecule has 2 aromatic heterocycles. The number of ether oxygens (including phenoxy) is 1. The van der Waals surface area contributed by atoms with Crippen LogP contribution >= 0.6 is 0 Å². The summed E-state index contributed by atoms with van der Waals surface area (Å²) in [7, 11) is 1.57. The number of nitrogen functional groups attached to an aromatic ring is 1. The van der Waals surface area contributed by atoms with E-state index in [4.69, 9.17) is 15.0 Å². The molecule has 0 aliphatic rings. The molecule has 84 valence electrons. The number of nitrogens with zero attached hydrogens (tertiary/aromatic N) is 2. The average Bonchev–Trinajstić information content (AvgIpc) is 2.58. The van der Waals surface area contributed by atoms with E-state index >= 15 is 0 Å². The molecule has 0 amide bonds. The lowest BCUT2D eigenvalue weighted by molar-refractivity contribution is 0.392. The van der Waals surface area contributed by atoms with E-state index in [1.807, 2.05) is 13.8 Å². The monoisotopic (exact) mass is 219 g/mol. The number of hydrogen-bond donors (Lipinski definition) is 1. The zero-order chi connectivity index (χ0) is 11.7. The van der Waals surface area contributed by atoms with Gasteiger partial charge in [0.05, 0.1) is 35.8 Å². The van der Waals surface area contributed by atoms with Crippen molar-refractivity contribution in [2.45, 2.75) is 13.8 Å². The zero-order valence-electron chi connectivity index (χ0n) is 9.44. The quantitative estimate of drug-likeness (QED) is 0.835. The Morgan fingerprint density at radius 2 is 2.12 bits per heavy atom. The van der Waals surface area contributed by atoms with Crippen LogP contribution in [0.1, 0.15) is 11.5 Å². The highest BCUT2D eigenvalue weighted by Gasteiger charge is 2.16. The van der Waals surface area contributed by atoms with Crippen LogP contribution in [0.15, 0.2) is 16.8 Å². The Kier molecular flexibility index (Phi) is 2.52. The first kappa shape index (κ1) is 10.5. The Morgan fingerprint density at radius 3 is 2.69 bits per heavy atom. The fourth-order valence-electron chi connectivity index (χ4n) is 1.68. The van der Waals surface area contributed by atoms with E-state index in [9.17, 15) is 0 Å². The first-order valence-electron chi connectivity index (χ1n) is 4.86. The number of anilines is 1. The number of rotatable bonds is 2. The van der Waals surface area contributed by atoms with Crippen molar-refractivity contribution in [2.75, 3.05) is 12.8 Å². The Hall–Kier alpha value is -2.04. The highest BCUT2D eigenvalue weighted by atomic mass is 16.5. The predicted molar refractivity (Wildman–Crippen MR) is 60.2 cm³/mol. The van der Waals surface area contributed by atoms with Crippen LogP contribution in [-0.4, -0.2) is 17.3 Å². The normalized spacial score (nSPS) is 10.4. The van der Waals surface area contributed by atoms with Crippen molar-refractivity contribution in [3.8, 4) is 17.0 Å². The molecular formula is C11H13N3O2. The highest BCUT2D eigenvalue weighted by Crippen LogP contribution is 2.33. The summed E-state index contributed by atoms with van der Waals surface area (Å²) >= 11 is 0. The molecule has 2 aromatic rings. The van der Waals surface area contributed by atoms with Crippen LogP contribution in [0.5, 0.6) is 5.88 Å². The number of aromatic nitrogens is 2. The number of nitrogens with two attached hydrogens (primary N) is 1. The lowest BCUT2D eigenvalue weighted by Gasteiger charge is -2.07. The van der Waals surface area contributed by atoms with Crippen molar-refractivity contribution in [1.82, 2.24) is 10.1 Å². The van der Waals surface area contributed by atoms with Gasteiger partial charge in [0.15, 0.2) is 0 Å². The molecule has 0 saturated heterocycles. The van der Waals surface area contributed by atoms with Gasteiger partial charge in [0.25, 0.3) is 0 Å². The van der Waals surface area contributed by atoms with Crippen LogP contribution in [0.2, 0.25) is 0 Å². The molecule has 0 fully saturated rings. The first-order chi connectivity index (χ1) is 7.63. The van der Waals surface area contributed by atoms with Crippen LogP contribution in [-0.2, 0) is 0 Å². The Labute approximate surface area is 93.2 Å². The second-order valence-corrected chi connectivity index (χ2v) is 3.52. The SMILES string of the molecule is COc1ncc(N)cc1-c1c(C)noc1C. The van der Waals surface area contributed by atoms with Gasteiger partial charge in [-0.1, -0.05) is 5.16 Å². The summed E-state index contributed by atoms with van der Waals surface area (Å²) in [4.78, 5) is 4.12. The van der Waals surface area contributed by atoms with Gasteiger partial charge < -0.3 is 15.0 Å². The lowest BCUT2D eigenvalue weighted by Crippen LogP contribution is -1.95. The maximum absolute atomic E-state index is 5.72. The smallest absolute Gasteiger partial charge is 0.221 e. The first-order valence-corrected chi connectivity index (χ1v) is 4.86. The number of methoxy groups -OCH3 is 1. The summed E-state index contributed by atoms with van der Waals surface area (Å²) in [6.07, 6.45) is 1.56. The maximum atomic E-state index is 5.72. The Morgan fingerprint density at radius 1 is 1.38 bits per heavy atom. The molecule has 16 heavy (non-hydrogen) atoms. The summed E-state index contributed by atoms with van der Waals surface area (Å²) in [5, 5.41) is 3.90. The fraction of sp³-hybridized carbons (Fsp3) is 0.273. The van der Waals surface area contributed by atoms with Gasteiger partial charge >= 0.3 is 0 Å². The summed E-state index contributed by atoms with van der Waals surface area (Å²) in [6.45, 7) is 3.71. The standard InChI is InChI=1S/C11H13N3O2/c1-6-10(7(2)16-14-6)9-4-8(12)5-13-11(9)15-3/h4-5H,12H2,1-3H3. The van der Waals surface area contributed by atoms with Crippen LogP contribution in [0.3, 0.4) is 0 Å². The summed E-state index contributed by atoms with van der Waals surface area (Å²) < 4.78 is 10.3. The molecule has 0 saturated carbocycles. The van der Waals surface area contributed by atoms with E-state index in [2.05, 4.69) is 10.1 Å². The van der Waals surface area contributed by atoms with Crippen molar-refractivity contribution in [3.63, 3.8) is 0 Å². The minimum Gasteiger partial charge on any atom is -0.481 e. The summed E-state index contributed by atoms with van der Waals surface area (Å²) in [5.41, 5.74) is 8.78. The molecule has 0 aliphatic heterocycles. The van der Waals surface area contributed by atoms with E-state index < -0.39 is 0 Å². The molecule has 0 bridgehead atoms. The third-order valence-electron chi connectivity index (χ3n) is 2.37. The van der Waals surface area contributed by atoms with Gasteiger partial charge in [-0.15, -0.1) is 0 Å². The predicted octanol–water partition coefficient (Wildman–Crippen LogP) is 1.94. The minimum atomic E-state index is 0.517. The van der Waals surface area contributed by atoms with E-state index in [0.29, 0.717) is 11.6 Å². The molecule has 0 unspecified atom stereocenters. The van der Waals surface area contributed by atoms with E-state index in [0.717, 1.165) is 22.6 Å². The highest BCUT2D eigenvalue weighted by molar-refractivity contribution is 5.74. The topological polar surface area (TPSA) is 74.2 Å². The summed E-state index contributed by atoms with van der Waals surface area (Å²) in [5.74, 6) is 1.24. The molecule has 2 rings (SSSR count). The number of hydrogen-bond acceptors (Lipinski definition) is 5. The van der Waals surface area contributed by atoms with Crippen molar-refractivity contribution < 1.29 is 9.26 Å². The lowest BCUT2D eigenvalue weighted by atomic mass is 10.1. The minimum absolute atomic E-state index is 0.517. The van der Waals surface area contributed by atoms with E-state index in [1.54, 1.807) is 19.4 Å². The number of pyridine rings is 1. The molecule has 0 atom stereocenters.